The smallest absolute Gasteiger partial charge is 0.120 e. The fraction of sp³-hybridized carbons (Fsp3) is 0.400. The summed E-state index contributed by atoms with van der Waals surface area (Å²) in [6.45, 7) is 3.57. The molecular formula is C15H20BrN3O2. The number of nitrogens with zero attached hydrogens (tertiary/aromatic N) is 2. The lowest BCUT2D eigenvalue weighted by molar-refractivity contribution is 0.103. The van der Waals surface area contributed by atoms with E-state index in [1.54, 1.807) is 6.20 Å². The Kier molecular flexibility index (Phi) is 6.22. The van der Waals surface area contributed by atoms with Gasteiger partial charge in [-0.25, -0.2) is 0 Å². The van der Waals surface area contributed by atoms with E-state index >= 15 is 0 Å². The Morgan fingerprint density at radius 2 is 2.29 bits per heavy atom. The molecule has 0 saturated heterocycles. The Balaban J connectivity index is 1.66. The summed E-state index contributed by atoms with van der Waals surface area (Å²) in [5, 5.41) is 17.4. The van der Waals surface area contributed by atoms with Crippen molar-refractivity contribution in [3.8, 4) is 5.75 Å². The first kappa shape index (κ1) is 16.0. The van der Waals surface area contributed by atoms with Crippen molar-refractivity contribution in [3.63, 3.8) is 0 Å². The highest BCUT2D eigenvalue weighted by molar-refractivity contribution is 9.10. The van der Waals surface area contributed by atoms with Crippen LogP contribution in [0.4, 0.5) is 0 Å². The van der Waals surface area contributed by atoms with Gasteiger partial charge in [0.25, 0.3) is 0 Å². The third-order valence-corrected chi connectivity index (χ3v) is 3.45. The summed E-state index contributed by atoms with van der Waals surface area (Å²) in [5.41, 5.74) is 0. The number of benzene rings is 1. The maximum atomic E-state index is 9.93. The van der Waals surface area contributed by atoms with Crippen LogP contribution in [0.5, 0.6) is 5.75 Å². The Hall–Kier alpha value is -1.37. The van der Waals surface area contributed by atoms with Gasteiger partial charge in [0.05, 0.1) is 6.54 Å². The highest BCUT2D eigenvalue weighted by atomic mass is 79.9. The third-order valence-electron chi connectivity index (χ3n) is 2.96. The number of rotatable bonds is 8. The first-order valence-electron chi connectivity index (χ1n) is 6.90. The molecule has 0 aliphatic rings. The second-order valence-corrected chi connectivity index (χ2v) is 5.88. The second-order valence-electron chi connectivity index (χ2n) is 4.96. The molecule has 2 unspecified atom stereocenters. The quantitative estimate of drug-likeness (QED) is 0.762. The molecular weight excluding hydrogens is 334 g/mol. The monoisotopic (exact) mass is 353 g/mol. The van der Waals surface area contributed by atoms with Gasteiger partial charge in [-0.1, -0.05) is 22.0 Å². The molecule has 1 heterocycles. The summed E-state index contributed by atoms with van der Waals surface area (Å²) in [6.07, 6.45) is 3.13. The molecule has 2 aromatic rings. The van der Waals surface area contributed by atoms with E-state index in [4.69, 9.17) is 4.74 Å². The minimum absolute atomic E-state index is 0.227. The molecule has 0 amide bonds. The molecule has 0 fully saturated rings. The number of hydrogen-bond acceptors (Lipinski definition) is 4. The van der Waals surface area contributed by atoms with Gasteiger partial charge in [0.2, 0.25) is 0 Å². The van der Waals surface area contributed by atoms with Crippen LogP contribution in [-0.2, 0) is 6.54 Å². The van der Waals surface area contributed by atoms with Crippen LogP contribution < -0.4 is 10.1 Å². The number of ether oxygens (including phenoxy) is 1. The van der Waals surface area contributed by atoms with Gasteiger partial charge in [-0.2, -0.15) is 5.10 Å². The van der Waals surface area contributed by atoms with Crippen LogP contribution in [0.15, 0.2) is 47.2 Å². The number of aliphatic hydroxyl groups is 1. The molecule has 114 valence electrons. The molecule has 0 spiro atoms. The van der Waals surface area contributed by atoms with Gasteiger partial charge in [-0.05, 0) is 31.2 Å². The lowest BCUT2D eigenvalue weighted by Gasteiger charge is -2.17. The lowest BCUT2D eigenvalue weighted by atomic mass is 10.3. The van der Waals surface area contributed by atoms with Crippen LogP contribution in [0.1, 0.15) is 6.92 Å². The molecule has 0 aliphatic carbocycles. The molecule has 0 aliphatic heterocycles. The van der Waals surface area contributed by atoms with E-state index in [0.29, 0.717) is 6.54 Å². The average Bonchev–Trinajstić information content (AvgIpc) is 2.96. The molecule has 0 radical (unpaired) electrons. The molecule has 1 aromatic heterocycles. The lowest BCUT2D eigenvalue weighted by Crippen LogP contribution is -2.38. The maximum Gasteiger partial charge on any atom is 0.120 e. The number of nitrogens with one attached hydrogen (secondary N) is 1. The fourth-order valence-electron chi connectivity index (χ4n) is 1.90. The Morgan fingerprint density at radius 3 is 3.00 bits per heavy atom. The Labute approximate surface area is 133 Å². The molecule has 21 heavy (non-hydrogen) atoms. The van der Waals surface area contributed by atoms with Crippen molar-refractivity contribution in [1.82, 2.24) is 15.1 Å². The van der Waals surface area contributed by atoms with Crippen LogP contribution in [0, 0.1) is 0 Å². The minimum Gasteiger partial charge on any atom is -0.491 e. The minimum atomic E-state index is -0.552. The molecule has 1 aromatic carbocycles. The topological polar surface area (TPSA) is 59.3 Å². The number of aromatic nitrogens is 2. The summed E-state index contributed by atoms with van der Waals surface area (Å²) < 4.78 is 8.37. The van der Waals surface area contributed by atoms with Gasteiger partial charge in [-0.3, -0.25) is 4.68 Å². The summed E-state index contributed by atoms with van der Waals surface area (Å²) in [6, 6.07) is 9.70. The first-order valence-corrected chi connectivity index (χ1v) is 7.70. The van der Waals surface area contributed by atoms with Crippen molar-refractivity contribution in [1.29, 1.82) is 0 Å². The molecule has 2 N–H and O–H groups in total. The first-order chi connectivity index (χ1) is 10.1. The highest BCUT2D eigenvalue weighted by Crippen LogP contribution is 2.17. The van der Waals surface area contributed by atoms with E-state index in [0.717, 1.165) is 16.8 Å². The van der Waals surface area contributed by atoms with Gasteiger partial charge >= 0.3 is 0 Å². The normalized spacial score (nSPS) is 13.9. The van der Waals surface area contributed by atoms with Crippen molar-refractivity contribution in [2.45, 2.75) is 25.6 Å². The molecule has 0 bridgehead atoms. The zero-order valence-corrected chi connectivity index (χ0v) is 13.5. The van der Waals surface area contributed by atoms with Gasteiger partial charge in [0.1, 0.15) is 18.5 Å². The SMILES string of the molecule is CC(Cn1cccn1)NCC(O)COc1cccc(Br)c1. The Morgan fingerprint density at radius 1 is 1.43 bits per heavy atom. The number of halogens is 1. The summed E-state index contributed by atoms with van der Waals surface area (Å²) >= 11 is 3.38. The zero-order valence-electron chi connectivity index (χ0n) is 11.9. The van der Waals surface area contributed by atoms with E-state index in [9.17, 15) is 5.11 Å². The van der Waals surface area contributed by atoms with E-state index in [1.165, 1.54) is 0 Å². The van der Waals surface area contributed by atoms with Gasteiger partial charge in [-0.15, -0.1) is 0 Å². The standard InChI is InChI=1S/C15H20BrN3O2/c1-12(10-19-7-3-6-18-19)17-9-14(20)11-21-15-5-2-4-13(16)8-15/h2-8,12,14,17,20H,9-11H2,1H3. The second kappa shape index (κ2) is 8.17. The summed E-state index contributed by atoms with van der Waals surface area (Å²) in [4.78, 5) is 0. The molecule has 2 atom stereocenters. The van der Waals surface area contributed by atoms with Crippen LogP contribution in [-0.4, -0.2) is 40.2 Å². The highest BCUT2D eigenvalue weighted by Gasteiger charge is 2.09. The van der Waals surface area contributed by atoms with Crippen molar-refractivity contribution in [2.75, 3.05) is 13.2 Å². The fourth-order valence-corrected chi connectivity index (χ4v) is 2.28. The van der Waals surface area contributed by atoms with E-state index in [1.807, 2.05) is 41.2 Å². The van der Waals surface area contributed by atoms with Gasteiger partial charge < -0.3 is 15.2 Å². The summed E-state index contributed by atoms with van der Waals surface area (Å²) in [5.74, 6) is 0.744. The Bertz CT molecular complexity index is 533. The zero-order chi connectivity index (χ0) is 15.1. The number of hydrogen-bond donors (Lipinski definition) is 2. The van der Waals surface area contributed by atoms with Crippen LogP contribution >= 0.6 is 15.9 Å². The van der Waals surface area contributed by atoms with E-state index in [2.05, 4.69) is 33.3 Å². The average molecular weight is 354 g/mol. The predicted octanol–water partition coefficient (Wildman–Crippen LogP) is 2.06. The maximum absolute atomic E-state index is 9.93. The van der Waals surface area contributed by atoms with E-state index in [-0.39, 0.29) is 12.6 Å². The molecule has 0 saturated carbocycles. The van der Waals surface area contributed by atoms with Gasteiger partial charge in [0.15, 0.2) is 0 Å². The van der Waals surface area contributed by atoms with Crippen LogP contribution in [0.25, 0.3) is 0 Å². The van der Waals surface area contributed by atoms with Crippen molar-refractivity contribution in [3.05, 3.63) is 47.2 Å². The predicted molar refractivity (Wildman–Crippen MR) is 85.3 cm³/mol. The largest absolute Gasteiger partial charge is 0.491 e. The molecule has 2 rings (SSSR count). The van der Waals surface area contributed by atoms with Gasteiger partial charge in [0, 0.05) is 29.5 Å². The molecule has 6 heteroatoms. The van der Waals surface area contributed by atoms with Crippen molar-refractivity contribution in [2.24, 2.45) is 0 Å². The summed E-state index contributed by atoms with van der Waals surface area (Å²) in [7, 11) is 0. The van der Waals surface area contributed by atoms with Crippen molar-refractivity contribution < 1.29 is 9.84 Å². The molecule has 5 nitrogen and oxygen atoms in total. The van der Waals surface area contributed by atoms with Crippen LogP contribution in [0.2, 0.25) is 0 Å². The third kappa shape index (κ3) is 5.87. The van der Waals surface area contributed by atoms with Crippen molar-refractivity contribution >= 4 is 15.9 Å². The van der Waals surface area contributed by atoms with Crippen LogP contribution in [0.3, 0.4) is 0 Å². The number of aliphatic hydroxyl groups excluding tert-OH is 1. The van der Waals surface area contributed by atoms with E-state index < -0.39 is 6.10 Å².